The summed E-state index contributed by atoms with van der Waals surface area (Å²) in [6.07, 6.45) is 2.63. The summed E-state index contributed by atoms with van der Waals surface area (Å²) in [5.41, 5.74) is 2.19. The first kappa shape index (κ1) is 15.0. The molecule has 2 nitrogen and oxygen atoms in total. The van der Waals surface area contributed by atoms with Crippen LogP contribution in [0, 0.1) is 0 Å². The van der Waals surface area contributed by atoms with E-state index in [9.17, 15) is 0 Å². The predicted octanol–water partition coefficient (Wildman–Crippen LogP) is 4.76. The van der Waals surface area contributed by atoms with E-state index in [1.54, 1.807) is 0 Å². The summed E-state index contributed by atoms with van der Waals surface area (Å²) < 4.78 is 1.97. The molecular formula is C14H13Br2ClN2. The summed E-state index contributed by atoms with van der Waals surface area (Å²) in [4.78, 5) is 4.40. The second kappa shape index (κ2) is 6.84. The minimum absolute atomic E-state index is 0.184. The van der Waals surface area contributed by atoms with E-state index in [1.165, 1.54) is 0 Å². The molecule has 0 amide bonds. The van der Waals surface area contributed by atoms with E-state index < -0.39 is 0 Å². The van der Waals surface area contributed by atoms with Gasteiger partial charge in [0.05, 0.1) is 0 Å². The number of pyridine rings is 1. The van der Waals surface area contributed by atoms with Crippen molar-refractivity contribution in [3.05, 3.63) is 61.8 Å². The maximum absolute atomic E-state index is 6.10. The van der Waals surface area contributed by atoms with E-state index in [0.29, 0.717) is 0 Å². The maximum atomic E-state index is 6.10. The van der Waals surface area contributed by atoms with Gasteiger partial charge in [0, 0.05) is 38.3 Å². The van der Waals surface area contributed by atoms with Crippen LogP contribution in [0.4, 0.5) is 0 Å². The number of hydrogen-bond donors (Lipinski definition) is 1. The standard InChI is InChI=1S/C14H13Br2ClN2/c1-18-14(7-13-3-2-10(15)8-19-13)9-4-11(16)6-12(17)5-9/h2-6,8,14,18H,7H2,1H3. The second-order valence-electron chi connectivity index (χ2n) is 4.22. The van der Waals surface area contributed by atoms with Crippen LogP contribution < -0.4 is 5.32 Å². The van der Waals surface area contributed by atoms with Crippen molar-refractivity contribution in [1.29, 1.82) is 0 Å². The quantitative estimate of drug-likeness (QED) is 0.795. The lowest BCUT2D eigenvalue weighted by atomic mass is 10.0. The minimum atomic E-state index is 0.184. The number of aromatic nitrogens is 1. The zero-order chi connectivity index (χ0) is 13.8. The van der Waals surface area contributed by atoms with Crippen molar-refractivity contribution in [3.8, 4) is 0 Å². The third-order valence-electron chi connectivity index (χ3n) is 2.84. The van der Waals surface area contributed by atoms with Gasteiger partial charge in [-0.1, -0.05) is 27.5 Å². The van der Waals surface area contributed by atoms with Crippen LogP contribution in [0.15, 0.2) is 45.5 Å². The molecule has 0 radical (unpaired) electrons. The van der Waals surface area contributed by atoms with Crippen molar-refractivity contribution in [2.24, 2.45) is 0 Å². The molecule has 2 rings (SSSR count). The number of benzene rings is 1. The zero-order valence-electron chi connectivity index (χ0n) is 10.3. The van der Waals surface area contributed by atoms with Crippen molar-refractivity contribution in [2.75, 3.05) is 7.05 Å². The van der Waals surface area contributed by atoms with Crippen molar-refractivity contribution < 1.29 is 0 Å². The lowest BCUT2D eigenvalue weighted by molar-refractivity contribution is 0.584. The Morgan fingerprint density at radius 3 is 2.58 bits per heavy atom. The van der Waals surface area contributed by atoms with E-state index in [4.69, 9.17) is 11.6 Å². The first-order valence-electron chi connectivity index (χ1n) is 5.82. The van der Waals surface area contributed by atoms with Gasteiger partial charge in [-0.15, -0.1) is 0 Å². The van der Waals surface area contributed by atoms with E-state index in [-0.39, 0.29) is 6.04 Å². The van der Waals surface area contributed by atoms with Gasteiger partial charge in [-0.05, 0) is 58.9 Å². The Hall–Kier alpha value is -0.420. The first-order chi connectivity index (χ1) is 9.08. The van der Waals surface area contributed by atoms with Gasteiger partial charge in [-0.3, -0.25) is 4.98 Å². The molecule has 1 aromatic heterocycles. The van der Waals surface area contributed by atoms with Gasteiger partial charge in [0.15, 0.2) is 0 Å². The number of halogens is 3. The number of hydrogen-bond acceptors (Lipinski definition) is 2. The highest BCUT2D eigenvalue weighted by Gasteiger charge is 2.12. The highest BCUT2D eigenvalue weighted by molar-refractivity contribution is 9.10. The monoisotopic (exact) mass is 402 g/mol. The molecule has 0 saturated heterocycles. The van der Waals surface area contributed by atoms with Gasteiger partial charge in [0.2, 0.25) is 0 Å². The Kier molecular flexibility index (Phi) is 5.39. The largest absolute Gasteiger partial charge is 0.313 e. The summed E-state index contributed by atoms with van der Waals surface area (Å²) in [5.74, 6) is 0. The number of likely N-dealkylation sites (N-methyl/N-ethyl adjacent to an activating group) is 1. The van der Waals surface area contributed by atoms with E-state index in [0.717, 1.165) is 31.6 Å². The van der Waals surface area contributed by atoms with Crippen molar-refractivity contribution >= 4 is 43.5 Å². The molecule has 0 fully saturated rings. The molecule has 2 aromatic rings. The molecule has 100 valence electrons. The minimum Gasteiger partial charge on any atom is -0.313 e. The third kappa shape index (κ3) is 4.28. The summed E-state index contributed by atoms with van der Waals surface area (Å²) in [6, 6.07) is 10.1. The highest BCUT2D eigenvalue weighted by atomic mass is 79.9. The molecule has 0 aliphatic rings. The van der Waals surface area contributed by atoms with Crippen molar-refractivity contribution in [2.45, 2.75) is 12.5 Å². The maximum Gasteiger partial charge on any atom is 0.0423 e. The van der Waals surface area contributed by atoms with Gasteiger partial charge >= 0.3 is 0 Å². The van der Waals surface area contributed by atoms with Crippen LogP contribution in [0.25, 0.3) is 0 Å². The lowest BCUT2D eigenvalue weighted by Crippen LogP contribution is -2.19. The molecule has 1 N–H and O–H groups in total. The smallest absolute Gasteiger partial charge is 0.0423 e. The van der Waals surface area contributed by atoms with Gasteiger partial charge < -0.3 is 5.32 Å². The Bertz CT molecular complexity index is 538. The number of rotatable bonds is 4. The Morgan fingerprint density at radius 2 is 2.00 bits per heavy atom. The molecule has 1 aromatic carbocycles. The average molecular weight is 405 g/mol. The molecule has 5 heteroatoms. The van der Waals surface area contributed by atoms with Gasteiger partial charge in [0.1, 0.15) is 0 Å². The SMILES string of the molecule is CNC(Cc1ccc(Br)cn1)c1cc(Cl)cc(Br)c1. The highest BCUT2D eigenvalue weighted by Crippen LogP contribution is 2.25. The van der Waals surface area contributed by atoms with Crippen molar-refractivity contribution in [3.63, 3.8) is 0 Å². The molecule has 19 heavy (non-hydrogen) atoms. The molecule has 1 unspecified atom stereocenters. The summed E-state index contributed by atoms with van der Waals surface area (Å²) in [6.45, 7) is 0. The van der Waals surface area contributed by atoms with Crippen LogP contribution in [0.3, 0.4) is 0 Å². The summed E-state index contributed by atoms with van der Waals surface area (Å²) in [5, 5.41) is 4.03. The van der Waals surface area contributed by atoms with Crippen LogP contribution in [-0.4, -0.2) is 12.0 Å². The third-order valence-corrected chi connectivity index (χ3v) is 3.98. The first-order valence-corrected chi connectivity index (χ1v) is 7.78. The van der Waals surface area contributed by atoms with Crippen molar-refractivity contribution in [1.82, 2.24) is 10.3 Å². The van der Waals surface area contributed by atoms with Crippen LogP contribution in [0.1, 0.15) is 17.3 Å². The Labute approximate surface area is 134 Å². The van der Waals surface area contributed by atoms with Crippen LogP contribution in [0.2, 0.25) is 5.02 Å². The summed E-state index contributed by atoms with van der Waals surface area (Å²) >= 11 is 13.0. The Balaban J connectivity index is 2.22. The fourth-order valence-electron chi connectivity index (χ4n) is 1.90. The zero-order valence-corrected chi connectivity index (χ0v) is 14.3. The molecule has 0 bridgehead atoms. The molecular weight excluding hydrogens is 391 g/mol. The Morgan fingerprint density at radius 1 is 1.21 bits per heavy atom. The fraction of sp³-hybridized carbons (Fsp3) is 0.214. The molecule has 0 saturated carbocycles. The average Bonchev–Trinajstić information content (AvgIpc) is 2.37. The topological polar surface area (TPSA) is 24.9 Å². The molecule has 1 heterocycles. The molecule has 0 aliphatic carbocycles. The molecule has 0 spiro atoms. The van der Waals surface area contributed by atoms with E-state index in [2.05, 4.69) is 48.2 Å². The summed E-state index contributed by atoms with van der Waals surface area (Å²) in [7, 11) is 1.94. The van der Waals surface area contributed by atoms with Gasteiger partial charge in [-0.25, -0.2) is 0 Å². The van der Waals surface area contributed by atoms with E-state index >= 15 is 0 Å². The normalized spacial score (nSPS) is 12.4. The second-order valence-corrected chi connectivity index (χ2v) is 6.48. The molecule has 0 aliphatic heterocycles. The fourth-order valence-corrected chi connectivity index (χ4v) is 3.02. The van der Waals surface area contributed by atoms with Gasteiger partial charge in [0.25, 0.3) is 0 Å². The predicted molar refractivity (Wildman–Crippen MR) is 86.6 cm³/mol. The van der Waals surface area contributed by atoms with Crippen LogP contribution in [-0.2, 0) is 6.42 Å². The van der Waals surface area contributed by atoms with Crippen LogP contribution >= 0.6 is 43.5 Å². The van der Waals surface area contributed by atoms with Crippen LogP contribution in [0.5, 0.6) is 0 Å². The number of nitrogens with one attached hydrogen (secondary N) is 1. The van der Waals surface area contributed by atoms with E-state index in [1.807, 2.05) is 37.5 Å². The lowest BCUT2D eigenvalue weighted by Gasteiger charge is -2.17. The molecule has 1 atom stereocenters. The number of nitrogens with zero attached hydrogens (tertiary/aromatic N) is 1. The van der Waals surface area contributed by atoms with Gasteiger partial charge in [-0.2, -0.15) is 0 Å².